The molecule has 3 N–H and O–H groups in total. The zero-order valence-electron chi connectivity index (χ0n) is 11.0. The van der Waals surface area contributed by atoms with Gasteiger partial charge in [0.25, 0.3) is 0 Å². The number of carboxylic acids is 1. The first-order chi connectivity index (χ1) is 9.49. The van der Waals surface area contributed by atoms with Gasteiger partial charge in [-0.1, -0.05) is 12.5 Å². The van der Waals surface area contributed by atoms with Gasteiger partial charge in [0.05, 0.1) is 6.42 Å². The lowest BCUT2D eigenvalue weighted by molar-refractivity contribution is -0.141. The van der Waals surface area contributed by atoms with Crippen LogP contribution in [0.3, 0.4) is 0 Å². The third-order valence-corrected chi connectivity index (χ3v) is 3.65. The Morgan fingerprint density at radius 1 is 1.35 bits per heavy atom. The molecule has 5 nitrogen and oxygen atoms in total. The van der Waals surface area contributed by atoms with E-state index in [2.05, 4.69) is 10.6 Å². The van der Waals surface area contributed by atoms with Crippen LogP contribution in [0.15, 0.2) is 24.3 Å². The van der Waals surface area contributed by atoms with Crippen molar-refractivity contribution in [2.24, 2.45) is 5.41 Å². The molecule has 0 spiro atoms. The molecule has 1 fully saturated rings. The number of hydrogen-bond donors (Lipinski definition) is 3. The second-order valence-corrected chi connectivity index (χ2v) is 5.24. The first-order valence-corrected chi connectivity index (χ1v) is 6.51. The van der Waals surface area contributed by atoms with Gasteiger partial charge in [-0.2, -0.15) is 0 Å². The summed E-state index contributed by atoms with van der Waals surface area (Å²) in [5.74, 6) is -1.28. The van der Waals surface area contributed by atoms with Gasteiger partial charge in [0.15, 0.2) is 0 Å². The van der Waals surface area contributed by atoms with E-state index < -0.39 is 17.8 Å². The van der Waals surface area contributed by atoms with Gasteiger partial charge in [0.2, 0.25) is 0 Å². The van der Waals surface area contributed by atoms with E-state index in [1.165, 1.54) is 18.2 Å². The van der Waals surface area contributed by atoms with Gasteiger partial charge in [0.1, 0.15) is 5.82 Å². The molecule has 0 heterocycles. The predicted molar refractivity (Wildman–Crippen MR) is 72.0 cm³/mol. The highest BCUT2D eigenvalue weighted by atomic mass is 19.1. The Hall–Kier alpha value is -2.11. The van der Waals surface area contributed by atoms with Crippen molar-refractivity contribution in [3.8, 4) is 0 Å². The molecule has 20 heavy (non-hydrogen) atoms. The standard InChI is InChI=1S/C14H17FN2O3/c15-10-3-1-4-11(7-10)17-13(20)16-9-14(5-2-6-14)8-12(18)19/h1,3-4,7H,2,5-6,8-9H2,(H,18,19)(H2,16,17,20). The number of urea groups is 1. The minimum atomic E-state index is -0.850. The zero-order valence-corrected chi connectivity index (χ0v) is 11.0. The molecule has 0 radical (unpaired) electrons. The Labute approximate surface area is 116 Å². The lowest BCUT2D eigenvalue weighted by Crippen LogP contribution is -2.44. The summed E-state index contributed by atoms with van der Waals surface area (Å²) < 4.78 is 13.0. The summed E-state index contributed by atoms with van der Waals surface area (Å²) in [6, 6.07) is 5.14. The summed E-state index contributed by atoms with van der Waals surface area (Å²) >= 11 is 0. The molecule has 1 aromatic rings. The smallest absolute Gasteiger partial charge is 0.319 e. The second kappa shape index (κ2) is 5.90. The van der Waals surface area contributed by atoms with Crippen molar-refractivity contribution < 1.29 is 19.1 Å². The molecule has 1 aliphatic rings. The van der Waals surface area contributed by atoms with E-state index in [0.717, 1.165) is 19.3 Å². The molecule has 2 amide bonds. The van der Waals surface area contributed by atoms with Crippen LogP contribution in [0.1, 0.15) is 25.7 Å². The van der Waals surface area contributed by atoms with E-state index in [-0.39, 0.29) is 11.8 Å². The topological polar surface area (TPSA) is 78.4 Å². The van der Waals surface area contributed by atoms with E-state index >= 15 is 0 Å². The highest BCUT2D eigenvalue weighted by Crippen LogP contribution is 2.43. The molecule has 0 aliphatic heterocycles. The second-order valence-electron chi connectivity index (χ2n) is 5.24. The number of hydrogen-bond acceptors (Lipinski definition) is 2. The van der Waals surface area contributed by atoms with E-state index in [0.29, 0.717) is 12.2 Å². The largest absolute Gasteiger partial charge is 0.481 e. The van der Waals surface area contributed by atoms with E-state index in [4.69, 9.17) is 5.11 Å². The molecule has 0 unspecified atom stereocenters. The Morgan fingerprint density at radius 3 is 2.65 bits per heavy atom. The molecule has 0 saturated heterocycles. The van der Waals surface area contributed by atoms with Crippen LogP contribution in [0.4, 0.5) is 14.9 Å². The summed E-state index contributed by atoms with van der Waals surface area (Å²) in [5.41, 5.74) is 0.0360. The first kappa shape index (κ1) is 14.3. The summed E-state index contributed by atoms with van der Waals surface area (Å²) in [6.07, 6.45) is 2.66. The highest BCUT2D eigenvalue weighted by Gasteiger charge is 2.39. The Morgan fingerprint density at radius 2 is 2.10 bits per heavy atom. The van der Waals surface area contributed by atoms with Crippen LogP contribution in [0.5, 0.6) is 0 Å². The van der Waals surface area contributed by atoms with E-state index in [1.807, 2.05) is 0 Å². The number of benzene rings is 1. The van der Waals surface area contributed by atoms with Gasteiger partial charge < -0.3 is 15.7 Å². The maximum Gasteiger partial charge on any atom is 0.319 e. The fraction of sp³-hybridized carbons (Fsp3) is 0.429. The highest BCUT2D eigenvalue weighted by molar-refractivity contribution is 5.89. The van der Waals surface area contributed by atoms with Crippen LogP contribution in [-0.2, 0) is 4.79 Å². The summed E-state index contributed by atoms with van der Waals surface area (Å²) in [7, 11) is 0. The molecule has 6 heteroatoms. The number of carbonyl (C=O) groups is 2. The number of rotatable bonds is 5. The minimum Gasteiger partial charge on any atom is -0.481 e. The Kier molecular flexibility index (Phi) is 4.22. The van der Waals surface area contributed by atoms with Crippen LogP contribution < -0.4 is 10.6 Å². The average molecular weight is 280 g/mol. The number of carbonyl (C=O) groups excluding carboxylic acids is 1. The van der Waals surface area contributed by atoms with E-state index in [9.17, 15) is 14.0 Å². The van der Waals surface area contributed by atoms with E-state index in [1.54, 1.807) is 6.07 Å². The molecular weight excluding hydrogens is 263 g/mol. The Bertz CT molecular complexity index is 515. The number of amides is 2. The molecule has 1 aromatic carbocycles. The normalized spacial score (nSPS) is 16.1. The molecule has 1 saturated carbocycles. The third-order valence-electron chi connectivity index (χ3n) is 3.65. The zero-order chi connectivity index (χ0) is 14.6. The van der Waals surface area contributed by atoms with Crippen molar-refractivity contribution in [1.82, 2.24) is 5.32 Å². The third kappa shape index (κ3) is 3.69. The van der Waals surface area contributed by atoms with Gasteiger partial charge in [-0.05, 0) is 36.5 Å². The minimum absolute atomic E-state index is 0.0627. The monoisotopic (exact) mass is 280 g/mol. The fourth-order valence-electron chi connectivity index (χ4n) is 2.42. The van der Waals surface area contributed by atoms with Gasteiger partial charge in [0, 0.05) is 12.2 Å². The van der Waals surface area contributed by atoms with Crippen LogP contribution in [0.2, 0.25) is 0 Å². The summed E-state index contributed by atoms with van der Waals surface area (Å²) in [6.45, 7) is 0.320. The summed E-state index contributed by atoms with van der Waals surface area (Å²) in [5, 5.41) is 14.1. The van der Waals surface area contributed by atoms with Crippen molar-refractivity contribution >= 4 is 17.7 Å². The van der Waals surface area contributed by atoms with Gasteiger partial charge in [-0.3, -0.25) is 4.79 Å². The molecule has 1 aliphatic carbocycles. The van der Waals surface area contributed by atoms with Crippen LogP contribution >= 0.6 is 0 Å². The van der Waals surface area contributed by atoms with Crippen molar-refractivity contribution in [1.29, 1.82) is 0 Å². The van der Waals surface area contributed by atoms with Crippen molar-refractivity contribution in [2.45, 2.75) is 25.7 Å². The molecule has 2 rings (SSSR count). The van der Waals surface area contributed by atoms with Crippen molar-refractivity contribution in [3.63, 3.8) is 0 Å². The van der Waals surface area contributed by atoms with Gasteiger partial charge in [-0.15, -0.1) is 0 Å². The van der Waals surface area contributed by atoms with Crippen LogP contribution in [0.25, 0.3) is 0 Å². The lowest BCUT2D eigenvalue weighted by Gasteiger charge is -2.40. The average Bonchev–Trinajstić information content (AvgIpc) is 2.32. The predicted octanol–water partition coefficient (Wildman–Crippen LogP) is 2.59. The van der Waals surface area contributed by atoms with Crippen LogP contribution in [-0.4, -0.2) is 23.7 Å². The number of anilines is 1. The first-order valence-electron chi connectivity index (χ1n) is 6.51. The lowest BCUT2D eigenvalue weighted by atomic mass is 9.66. The quantitative estimate of drug-likeness (QED) is 0.775. The van der Waals surface area contributed by atoms with Crippen molar-refractivity contribution in [2.75, 3.05) is 11.9 Å². The SMILES string of the molecule is O=C(O)CC1(CNC(=O)Nc2cccc(F)c2)CCC1. The molecule has 0 atom stereocenters. The van der Waals surface area contributed by atoms with Gasteiger partial charge >= 0.3 is 12.0 Å². The molecule has 108 valence electrons. The molecule has 0 aromatic heterocycles. The molecular formula is C14H17FN2O3. The Balaban J connectivity index is 1.84. The maximum atomic E-state index is 13.0. The number of nitrogens with one attached hydrogen (secondary N) is 2. The van der Waals surface area contributed by atoms with Crippen LogP contribution in [0, 0.1) is 11.2 Å². The maximum absolute atomic E-state index is 13.0. The van der Waals surface area contributed by atoms with Crippen molar-refractivity contribution in [3.05, 3.63) is 30.1 Å². The molecule has 0 bridgehead atoms. The number of aliphatic carboxylic acids is 1. The number of carboxylic acid groups (broad SMARTS) is 1. The summed E-state index contributed by atoms with van der Waals surface area (Å²) in [4.78, 5) is 22.5. The fourth-order valence-corrected chi connectivity index (χ4v) is 2.42. The number of halogens is 1. The van der Waals surface area contributed by atoms with Gasteiger partial charge in [-0.25, -0.2) is 9.18 Å².